The Morgan fingerprint density at radius 2 is 1.70 bits per heavy atom. The number of halogens is 1. The third-order valence-electron chi connectivity index (χ3n) is 9.27. The van der Waals surface area contributed by atoms with E-state index >= 15 is 0 Å². The fourth-order valence-electron chi connectivity index (χ4n) is 6.18. The van der Waals surface area contributed by atoms with Crippen LogP contribution in [0.25, 0.3) is 11.0 Å². The van der Waals surface area contributed by atoms with Gasteiger partial charge in [-0.2, -0.15) is 0 Å². The number of nitrogens with one attached hydrogen (secondary N) is 1. The first-order valence-electron chi connectivity index (χ1n) is 17.4. The predicted octanol–water partition coefficient (Wildman–Crippen LogP) is 7.46. The second-order valence-corrected chi connectivity index (χ2v) is 12.7. The van der Waals surface area contributed by atoms with Crippen molar-refractivity contribution in [2.45, 2.75) is 103 Å². The fourth-order valence-corrected chi connectivity index (χ4v) is 6.18. The molecule has 1 amide bonds. The lowest BCUT2D eigenvalue weighted by atomic mass is 9.77. The van der Waals surface area contributed by atoms with Gasteiger partial charge in [-0.25, -0.2) is 4.39 Å². The van der Waals surface area contributed by atoms with Crippen molar-refractivity contribution < 1.29 is 32.7 Å². The van der Waals surface area contributed by atoms with Crippen LogP contribution >= 0.6 is 0 Å². The zero-order chi connectivity index (χ0) is 34.9. The Morgan fingerprint density at radius 1 is 1.02 bits per heavy atom. The molecule has 10 heteroatoms. The molecule has 1 aromatic heterocycles. The molecule has 3 N–H and O–H groups in total. The SMILES string of the molecule is CC1C(C2CCCCC2)CCN1C.CCC(C=O)CCCC(N)CF.COCCCCOC.O=CNc1ccc2oc(C=O)cc2c1. The Balaban J connectivity index is 0.000000320. The molecule has 0 radical (unpaired) electrons. The minimum absolute atomic E-state index is 0.136. The van der Waals surface area contributed by atoms with E-state index in [2.05, 4.69) is 24.2 Å². The molecule has 47 heavy (non-hydrogen) atoms. The average Bonchev–Trinajstić information content (AvgIpc) is 3.68. The second kappa shape index (κ2) is 26.3. The number of carbonyl (C=O) groups is 3. The molecule has 1 aliphatic carbocycles. The number of amides is 1. The van der Waals surface area contributed by atoms with Gasteiger partial charge in [0.1, 0.15) is 18.5 Å². The van der Waals surface area contributed by atoms with Gasteiger partial charge in [0.05, 0.1) is 0 Å². The summed E-state index contributed by atoms with van der Waals surface area (Å²) in [5.74, 6) is 2.50. The standard InChI is InChI=1S/C12H23N.C10H7NO3.C9H18FNO.C6H14O2/c1-10-12(8-9-13(10)2)11-6-4-3-5-7-11;12-5-9-4-7-3-8(11-6-13)1-2-10(7)14-9;1-2-8(7-12)4-3-5-9(11)6-10;1-7-5-3-4-6-8-2/h10-12H,3-9H2,1-2H3;1-6H,(H,11,13);7-9H,2-6,11H2,1H3;3-6H2,1-2H3. The maximum Gasteiger partial charge on any atom is 0.211 e. The summed E-state index contributed by atoms with van der Waals surface area (Å²) in [6.07, 6.45) is 16.6. The zero-order valence-electron chi connectivity index (χ0n) is 29.6. The van der Waals surface area contributed by atoms with Crippen molar-refractivity contribution in [3.8, 4) is 0 Å². The van der Waals surface area contributed by atoms with Gasteiger partial charge in [-0.1, -0.05) is 45.4 Å². The van der Waals surface area contributed by atoms with Crippen molar-refractivity contribution in [2.24, 2.45) is 23.5 Å². The number of hydrogen-bond acceptors (Lipinski definition) is 8. The van der Waals surface area contributed by atoms with Crippen LogP contribution in [0.5, 0.6) is 0 Å². The third-order valence-corrected chi connectivity index (χ3v) is 9.27. The van der Waals surface area contributed by atoms with E-state index in [0.717, 1.165) is 74.9 Å². The van der Waals surface area contributed by atoms with Crippen LogP contribution in [-0.4, -0.2) is 83.7 Å². The van der Waals surface area contributed by atoms with Gasteiger partial charge in [-0.05, 0) is 95.1 Å². The predicted molar refractivity (Wildman–Crippen MR) is 189 cm³/mol. The van der Waals surface area contributed by atoms with E-state index in [0.29, 0.717) is 30.4 Å². The molecule has 4 rings (SSSR count). The summed E-state index contributed by atoms with van der Waals surface area (Å²) in [5.41, 5.74) is 6.68. The minimum Gasteiger partial charge on any atom is -0.453 e. The molecule has 1 saturated carbocycles. The normalized spacial score (nSPS) is 19.2. The lowest BCUT2D eigenvalue weighted by Gasteiger charge is -2.31. The third kappa shape index (κ3) is 17.3. The number of unbranched alkanes of at least 4 members (excludes halogenated alkanes) is 1. The molecule has 0 bridgehead atoms. The van der Waals surface area contributed by atoms with Crippen LogP contribution in [0, 0.1) is 17.8 Å². The van der Waals surface area contributed by atoms with E-state index in [-0.39, 0.29) is 17.7 Å². The minimum atomic E-state index is -0.460. The quantitative estimate of drug-likeness (QED) is 0.140. The summed E-state index contributed by atoms with van der Waals surface area (Å²) in [6.45, 7) is 6.98. The number of ether oxygens (including phenoxy) is 2. The van der Waals surface area contributed by atoms with Crippen molar-refractivity contribution >= 4 is 35.6 Å². The number of nitrogens with two attached hydrogens (primary N) is 1. The number of hydrogen-bond donors (Lipinski definition) is 2. The summed E-state index contributed by atoms with van der Waals surface area (Å²) < 4.78 is 26.7. The van der Waals surface area contributed by atoms with E-state index < -0.39 is 6.67 Å². The number of anilines is 1. The number of benzene rings is 1. The number of methoxy groups -OCH3 is 2. The molecule has 2 heterocycles. The van der Waals surface area contributed by atoms with Crippen LogP contribution < -0.4 is 11.1 Å². The molecule has 2 fully saturated rings. The Hall–Kier alpha value is -2.66. The molecule has 1 aromatic carbocycles. The molecule has 2 aromatic rings. The van der Waals surface area contributed by atoms with E-state index in [9.17, 15) is 18.8 Å². The highest BCUT2D eigenvalue weighted by molar-refractivity contribution is 5.88. The van der Waals surface area contributed by atoms with Gasteiger partial charge in [0, 0.05) is 56.5 Å². The smallest absolute Gasteiger partial charge is 0.211 e. The maximum atomic E-state index is 11.9. The molecule has 9 nitrogen and oxygen atoms in total. The van der Waals surface area contributed by atoms with E-state index in [1.165, 1.54) is 45.1 Å². The first kappa shape index (κ1) is 42.4. The van der Waals surface area contributed by atoms with Crippen LogP contribution in [0.4, 0.5) is 10.1 Å². The molecule has 1 aliphatic heterocycles. The molecule has 1 saturated heterocycles. The Morgan fingerprint density at radius 3 is 2.21 bits per heavy atom. The maximum absolute atomic E-state index is 11.9. The van der Waals surface area contributed by atoms with Crippen molar-refractivity contribution in [2.75, 3.05) is 53.0 Å². The summed E-state index contributed by atoms with van der Waals surface area (Å²) in [6, 6.07) is 7.28. The highest BCUT2D eigenvalue weighted by Gasteiger charge is 2.34. The van der Waals surface area contributed by atoms with E-state index in [1.807, 2.05) is 6.92 Å². The Kier molecular flexibility index (Phi) is 23.7. The van der Waals surface area contributed by atoms with Crippen LogP contribution in [0.2, 0.25) is 0 Å². The number of nitrogens with zero attached hydrogens (tertiary/aromatic N) is 1. The number of aldehydes is 2. The van der Waals surface area contributed by atoms with Crippen molar-refractivity contribution in [1.29, 1.82) is 0 Å². The molecular formula is C37H62FN3O6. The first-order chi connectivity index (χ1) is 22.8. The number of rotatable bonds is 16. The van der Waals surface area contributed by atoms with Crippen molar-refractivity contribution in [3.63, 3.8) is 0 Å². The van der Waals surface area contributed by atoms with Crippen LogP contribution in [0.3, 0.4) is 0 Å². The zero-order valence-corrected chi connectivity index (χ0v) is 29.6. The van der Waals surface area contributed by atoms with Gasteiger partial charge in [-0.3, -0.25) is 9.59 Å². The van der Waals surface area contributed by atoms with Gasteiger partial charge in [-0.15, -0.1) is 0 Å². The van der Waals surface area contributed by atoms with Gasteiger partial charge in [0.2, 0.25) is 6.41 Å². The van der Waals surface area contributed by atoms with E-state index in [4.69, 9.17) is 19.6 Å². The van der Waals surface area contributed by atoms with Crippen molar-refractivity contribution in [3.05, 3.63) is 30.0 Å². The highest BCUT2D eigenvalue weighted by Crippen LogP contribution is 2.37. The number of alkyl halides is 1. The van der Waals surface area contributed by atoms with Crippen LogP contribution in [0.15, 0.2) is 28.7 Å². The fraction of sp³-hybridized carbons (Fsp3) is 0.703. The highest BCUT2D eigenvalue weighted by atomic mass is 19.1. The molecule has 4 unspecified atom stereocenters. The monoisotopic (exact) mass is 663 g/mol. The largest absolute Gasteiger partial charge is 0.453 e. The van der Waals surface area contributed by atoms with Crippen LogP contribution in [-0.2, 0) is 19.1 Å². The molecule has 2 aliphatic rings. The molecule has 268 valence electrons. The number of furan rings is 1. The molecule has 0 spiro atoms. The average molecular weight is 664 g/mol. The lowest BCUT2D eigenvalue weighted by molar-refractivity contribution is -0.111. The summed E-state index contributed by atoms with van der Waals surface area (Å²) >= 11 is 0. The summed E-state index contributed by atoms with van der Waals surface area (Å²) in [5, 5.41) is 3.31. The summed E-state index contributed by atoms with van der Waals surface area (Å²) in [4.78, 5) is 33.5. The molecular weight excluding hydrogens is 601 g/mol. The lowest BCUT2D eigenvalue weighted by Crippen LogP contribution is -2.30. The van der Waals surface area contributed by atoms with Gasteiger partial charge < -0.3 is 34.6 Å². The number of carbonyl (C=O) groups excluding carboxylic acids is 3. The van der Waals surface area contributed by atoms with Crippen LogP contribution in [0.1, 0.15) is 101 Å². The number of likely N-dealkylation sites (tertiary alicyclic amines) is 1. The Labute approximate surface area is 282 Å². The summed E-state index contributed by atoms with van der Waals surface area (Å²) in [7, 11) is 5.72. The van der Waals surface area contributed by atoms with E-state index in [1.54, 1.807) is 38.5 Å². The van der Waals surface area contributed by atoms with Gasteiger partial charge in [0.15, 0.2) is 12.0 Å². The second-order valence-electron chi connectivity index (χ2n) is 12.7. The first-order valence-corrected chi connectivity index (χ1v) is 17.4. The van der Waals surface area contributed by atoms with Gasteiger partial charge >= 0.3 is 0 Å². The number of fused-ring (bicyclic) bond motifs is 1. The molecule has 4 atom stereocenters. The Bertz CT molecular complexity index is 1090. The van der Waals surface area contributed by atoms with Gasteiger partial charge in [0.25, 0.3) is 0 Å². The van der Waals surface area contributed by atoms with Crippen molar-refractivity contribution in [1.82, 2.24) is 4.90 Å². The topological polar surface area (TPSA) is 124 Å².